The third-order valence-electron chi connectivity index (χ3n) is 2.73. The van der Waals surface area contributed by atoms with Crippen molar-refractivity contribution in [2.24, 2.45) is 0 Å². The maximum atomic E-state index is 8.62. The molecule has 1 N–H and O–H groups in total. The van der Waals surface area contributed by atoms with E-state index in [-0.39, 0.29) is 6.61 Å². The first-order valence-corrected chi connectivity index (χ1v) is 5.68. The molecule has 1 fully saturated rings. The summed E-state index contributed by atoms with van der Waals surface area (Å²) in [7, 11) is 0. The number of hydrogen-bond donors (Lipinski definition) is 1. The normalized spacial score (nSPS) is 18.9. The van der Waals surface area contributed by atoms with Gasteiger partial charge >= 0.3 is 0 Å². The van der Waals surface area contributed by atoms with Crippen LogP contribution in [0.2, 0.25) is 0 Å². The number of likely N-dealkylation sites (tertiary alicyclic amines) is 1. The number of rotatable bonds is 6. The number of aliphatic hydroxyl groups is 1. The van der Waals surface area contributed by atoms with Crippen LogP contribution in [0.1, 0.15) is 25.7 Å². The Morgan fingerprint density at radius 2 is 2.13 bits per heavy atom. The van der Waals surface area contributed by atoms with Gasteiger partial charge in [-0.15, -0.1) is 0 Å². The van der Waals surface area contributed by atoms with E-state index in [0.29, 0.717) is 19.1 Å². The van der Waals surface area contributed by atoms with Gasteiger partial charge in [0, 0.05) is 39.3 Å². The number of ether oxygens (including phenoxy) is 1. The van der Waals surface area contributed by atoms with Crippen molar-refractivity contribution in [3.8, 4) is 6.07 Å². The second kappa shape index (κ2) is 7.63. The van der Waals surface area contributed by atoms with Gasteiger partial charge in [0.2, 0.25) is 0 Å². The fourth-order valence-corrected chi connectivity index (χ4v) is 1.82. The minimum absolute atomic E-state index is 0.209. The molecule has 1 aliphatic heterocycles. The molecule has 0 amide bonds. The Kier molecular flexibility index (Phi) is 6.33. The third-order valence-corrected chi connectivity index (χ3v) is 2.73. The van der Waals surface area contributed by atoms with Gasteiger partial charge in [0.15, 0.2) is 0 Å². The summed E-state index contributed by atoms with van der Waals surface area (Å²) in [5.74, 6) is 0. The largest absolute Gasteiger partial charge is 0.396 e. The summed E-state index contributed by atoms with van der Waals surface area (Å²) in [6, 6.07) is 2.17. The highest BCUT2D eigenvalue weighted by Crippen LogP contribution is 2.13. The highest BCUT2D eigenvalue weighted by Gasteiger charge is 2.18. The van der Waals surface area contributed by atoms with Gasteiger partial charge < -0.3 is 14.7 Å². The van der Waals surface area contributed by atoms with Crippen molar-refractivity contribution in [2.45, 2.75) is 31.8 Å². The van der Waals surface area contributed by atoms with Crippen LogP contribution in [0, 0.1) is 11.3 Å². The standard InChI is InChI=1S/C11H20N2O2/c12-5-1-6-13-7-3-11(4-8-13)15-10-2-9-14/h11,14H,1-4,6-10H2. The van der Waals surface area contributed by atoms with Crippen LogP contribution >= 0.6 is 0 Å². The first-order valence-electron chi connectivity index (χ1n) is 5.68. The van der Waals surface area contributed by atoms with Crippen LogP contribution in [0.3, 0.4) is 0 Å². The molecular weight excluding hydrogens is 192 g/mol. The van der Waals surface area contributed by atoms with Gasteiger partial charge in [-0.25, -0.2) is 0 Å². The summed E-state index contributed by atoms with van der Waals surface area (Å²) < 4.78 is 5.62. The maximum Gasteiger partial charge on any atom is 0.0635 e. The van der Waals surface area contributed by atoms with E-state index in [1.807, 2.05) is 0 Å². The summed E-state index contributed by atoms with van der Waals surface area (Å²) in [6.07, 6.45) is 3.81. The number of nitrogens with zero attached hydrogens (tertiary/aromatic N) is 2. The number of piperidine rings is 1. The molecule has 1 rings (SSSR count). The zero-order valence-corrected chi connectivity index (χ0v) is 9.19. The smallest absolute Gasteiger partial charge is 0.0635 e. The van der Waals surface area contributed by atoms with Gasteiger partial charge in [0.25, 0.3) is 0 Å². The molecular formula is C11H20N2O2. The molecule has 1 saturated heterocycles. The monoisotopic (exact) mass is 212 g/mol. The lowest BCUT2D eigenvalue weighted by Crippen LogP contribution is -2.37. The Morgan fingerprint density at radius 3 is 2.73 bits per heavy atom. The predicted octanol–water partition coefficient (Wildman–Crippen LogP) is 0.763. The summed E-state index contributed by atoms with van der Waals surface area (Å²) in [5.41, 5.74) is 0. The molecule has 4 nitrogen and oxygen atoms in total. The summed E-state index contributed by atoms with van der Waals surface area (Å²) in [5, 5.41) is 17.1. The topological polar surface area (TPSA) is 56.5 Å². The van der Waals surface area contributed by atoms with E-state index >= 15 is 0 Å². The Morgan fingerprint density at radius 1 is 1.40 bits per heavy atom. The molecule has 0 aromatic rings. The minimum atomic E-state index is 0.209. The van der Waals surface area contributed by atoms with E-state index < -0.39 is 0 Å². The second-order valence-corrected chi connectivity index (χ2v) is 3.90. The SMILES string of the molecule is N#CCCN1CCC(OCCCO)CC1. The van der Waals surface area contributed by atoms with Gasteiger partial charge in [0.05, 0.1) is 12.2 Å². The average molecular weight is 212 g/mol. The quantitative estimate of drug-likeness (QED) is 0.660. The molecule has 0 atom stereocenters. The zero-order valence-electron chi connectivity index (χ0n) is 9.19. The first-order chi connectivity index (χ1) is 7.36. The van der Waals surface area contributed by atoms with Crippen LogP contribution in [-0.2, 0) is 4.74 Å². The zero-order chi connectivity index (χ0) is 10.9. The Balaban J connectivity index is 2.05. The van der Waals surface area contributed by atoms with Crippen LogP contribution in [0.5, 0.6) is 0 Å². The van der Waals surface area contributed by atoms with Crippen molar-refractivity contribution in [3.05, 3.63) is 0 Å². The van der Waals surface area contributed by atoms with Crippen LogP contribution < -0.4 is 0 Å². The molecule has 0 radical (unpaired) electrons. The number of aliphatic hydroxyl groups excluding tert-OH is 1. The van der Waals surface area contributed by atoms with Crippen molar-refractivity contribution in [1.82, 2.24) is 4.90 Å². The van der Waals surface area contributed by atoms with E-state index in [4.69, 9.17) is 15.1 Å². The number of nitriles is 1. The molecule has 0 unspecified atom stereocenters. The molecule has 1 aliphatic rings. The average Bonchev–Trinajstić information content (AvgIpc) is 2.28. The van der Waals surface area contributed by atoms with Gasteiger partial charge in [-0.2, -0.15) is 5.26 Å². The van der Waals surface area contributed by atoms with Gasteiger partial charge in [-0.1, -0.05) is 0 Å². The summed E-state index contributed by atoms with van der Waals surface area (Å²) in [4.78, 5) is 2.31. The molecule has 86 valence electrons. The Labute approximate surface area is 91.4 Å². The molecule has 15 heavy (non-hydrogen) atoms. The molecule has 4 heteroatoms. The van der Waals surface area contributed by atoms with Gasteiger partial charge in [0.1, 0.15) is 0 Å². The number of hydrogen-bond acceptors (Lipinski definition) is 4. The lowest BCUT2D eigenvalue weighted by atomic mass is 10.1. The third kappa shape index (κ3) is 5.12. The predicted molar refractivity (Wildman–Crippen MR) is 57.3 cm³/mol. The molecule has 0 aliphatic carbocycles. The van der Waals surface area contributed by atoms with E-state index in [2.05, 4.69) is 11.0 Å². The lowest BCUT2D eigenvalue weighted by molar-refractivity contribution is 0.00272. The lowest BCUT2D eigenvalue weighted by Gasteiger charge is -2.31. The molecule has 0 bridgehead atoms. The van der Waals surface area contributed by atoms with Crippen LogP contribution in [0.4, 0.5) is 0 Å². The van der Waals surface area contributed by atoms with Crippen molar-refractivity contribution in [1.29, 1.82) is 5.26 Å². The van der Waals surface area contributed by atoms with E-state index in [1.54, 1.807) is 0 Å². The second-order valence-electron chi connectivity index (χ2n) is 3.90. The van der Waals surface area contributed by atoms with E-state index in [9.17, 15) is 0 Å². The van der Waals surface area contributed by atoms with Crippen LogP contribution in [0.15, 0.2) is 0 Å². The maximum absolute atomic E-state index is 8.62. The van der Waals surface area contributed by atoms with Crippen molar-refractivity contribution in [2.75, 3.05) is 32.8 Å². The minimum Gasteiger partial charge on any atom is -0.396 e. The highest BCUT2D eigenvalue weighted by atomic mass is 16.5. The molecule has 0 spiro atoms. The van der Waals surface area contributed by atoms with Crippen molar-refractivity contribution in [3.63, 3.8) is 0 Å². The fourth-order valence-electron chi connectivity index (χ4n) is 1.82. The summed E-state index contributed by atoms with van der Waals surface area (Å²) in [6.45, 7) is 3.83. The summed E-state index contributed by atoms with van der Waals surface area (Å²) >= 11 is 0. The van der Waals surface area contributed by atoms with Crippen LogP contribution in [-0.4, -0.2) is 49.0 Å². The van der Waals surface area contributed by atoms with Gasteiger partial charge in [-0.05, 0) is 19.3 Å². The molecule has 0 saturated carbocycles. The van der Waals surface area contributed by atoms with E-state index in [0.717, 1.165) is 38.9 Å². The van der Waals surface area contributed by atoms with Crippen molar-refractivity contribution >= 4 is 0 Å². The van der Waals surface area contributed by atoms with E-state index in [1.165, 1.54) is 0 Å². The Bertz CT molecular complexity index is 195. The highest BCUT2D eigenvalue weighted by molar-refractivity contribution is 4.77. The first kappa shape index (κ1) is 12.4. The molecule has 0 aromatic carbocycles. The molecule has 1 heterocycles. The van der Waals surface area contributed by atoms with Crippen LogP contribution in [0.25, 0.3) is 0 Å². The Hall–Kier alpha value is -0.630. The van der Waals surface area contributed by atoms with Crippen molar-refractivity contribution < 1.29 is 9.84 Å². The van der Waals surface area contributed by atoms with Gasteiger partial charge in [-0.3, -0.25) is 0 Å². The molecule has 0 aromatic heterocycles. The fraction of sp³-hybridized carbons (Fsp3) is 0.909.